The zero-order chi connectivity index (χ0) is 34.3. The van der Waals surface area contributed by atoms with Gasteiger partial charge < -0.3 is 15.7 Å². The van der Waals surface area contributed by atoms with E-state index < -0.39 is 52.4 Å². The third-order valence-corrected chi connectivity index (χ3v) is 10.3. The smallest absolute Gasteiger partial charge is 0.299 e. The van der Waals surface area contributed by atoms with Crippen molar-refractivity contribution in [2.45, 2.75) is 15.5 Å². The van der Waals surface area contributed by atoms with Gasteiger partial charge in [-0.3, -0.25) is 12.9 Å². The molecule has 0 saturated carbocycles. The standard InChI is InChI=1S/C27H25N7O10S3/c1-34(27-30-14-29-26(28)31-27)17-7-8-18-15(12-17)11-16(13-45(36,37)38)23(24(18)35)33-32-21-10-9-19-20(25(21)47(41,42)44-3)5-4-6-22(19)46(39,40)43-2/h4-12,14,35H,13H2,1-3H3,(H,36,37,38)(H2,28,29,30,31). The molecule has 0 atom stereocenters. The number of aromatic nitrogens is 3. The van der Waals surface area contributed by atoms with Crippen molar-refractivity contribution in [2.75, 3.05) is 31.9 Å². The van der Waals surface area contributed by atoms with E-state index in [4.69, 9.17) is 9.92 Å². The van der Waals surface area contributed by atoms with Gasteiger partial charge in [0.2, 0.25) is 11.9 Å². The molecule has 0 fully saturated rings. The van der Waals surface area contributed by atoms with Crippen LogP contribution >= 0.6 is 0 Å². The Labute approximate surface area is 268 Å². The number of anilines is 3. The van der Waals surface area contributed by atoms with Gasteiger partial charge in [0.15, 0.2) is 5.75 Å². The van der Waals surface area contributed by atoms with Gasteiger partial charge in [-0.2, -0.15) is 30.2 Å². The third kappa shape index (κ3) is 6.68. The van der Waals surface area contributed by atoms with E-state index >= 15 is 0 Å². The molecule has 5 rings (SSSR count). The van der Waals surface area contributed by atoms with E-state index in [1.165, 1.54) is 42.7 Å². The fourth-order valence-corrected chi connectivity index (χ4v) is 7.22. The van der Waals surface area contributed by atoms with Crippen LogP contribution in [0.3, 0.4) is 0 Å². The summed E-state index contributed by atoms with van der Waals surface area (Å²) in [7, 11) is -10.0. The van der Waals surface area contributed by atoms with E-state index in [0.29, 0.717) is 11.1 Å². The Balaban J connectivity index is 1.70. The first-order chi connectivity index (χ1) is 22.1. The molecule has 4 N–H and O–H groups in total. The van der Waals surface area contributed by atoms with Crippen LogP contribution in [0.5, 0.6) is 5.75 Å². The molecule has 47 heavy (non-hydrogen) atoms. The van der Waals surface area contributed by atoms with Crippen molar-refractivity contribution in [1.82, 2.24) is 15.0 Å². The fourth-order valence-electron chi connectivity index (χ4n) is 4.75. The molecule has 0 bridgehead atoms. The quantitative estimate of drug-likeness (QED) is 0.106. The largest absolute Gasteiger partial charge is 0.505 e. The Kier molecular flexibility index (Phi) is 8.83. The Morgan fingerprint density at radius 2 is 1.57 bits per heavy atom. The minimum Gasteiger partial charge on any atom is -0.505 e. The van der Waals surface area contributed by atoms with Crippen molar-refractivity contribution < 1.29 is 43.3 Å². The molecule has 0 aliphatic carbocycles. The first-order valence-corrected chi connectivity index (χ1v) is 17.5. The molecule has 0 aliphatic rings. The van der Waals surface area contributed by atoms with Crippen molar-refractivity contribution in [3.8, 4) is 5.75 Å². The lowest BCUT2D eigenvalue weighted by Crippen LogP contribution is -2.14. The van der Waals surface area contributed by atoms with Crippen molar-refractivity contribution in [3.63, 3.8) is 0 Å². The predicted molar refractivity (Wildman–Crippen MR) is 170 cm³/mol. The van der Waals surface area contributed by atoms with Crippen molar-refractivity contribution in [3.05, 3.63) is 66.5 Å². The van der Waals surface area contributed by atoms with Crippen molar-refractivity contribution in [2.24, 2.45) is 10.2 Å². The molecule has 0 radical (unpaired) electrons. The lowest BCUT2D eigenvalue weighted by Gasteiger charge is -2.18. The first-order valence-electron chi connectivity index (χ1n) is 13.1. The number of nitrogens with zero attached hydrogens (tertiary/aromatic N) is 6. The van der Waals surface area contributed by atoms with Crippen molar-refractivity contribution >= 4 is 80.9 Å². The SMILES string of the molecule is COS(=O)(=O)c1cccc2c(S(=O)(=O)OC)c(N=Nc3c(CS(=O)(=O)O)cc4cc(N(C)c5ncnc(N)n5)ccc4c3O)ccc12. The second kappa shape index (κ2) is 12.4. The van der Waals surface area contributed by atoms with Gasteiger partial charge in [0, 0.05) is 34.5 Å². The molecule has 246 valence electrons. The third-order valence-electron chi connectivity index (χ3n) is 6.92. The lowest BCUT2D eigenvalue weighted by atomic mass is 10.0. The molecule has 1 aromatic heterocycles. The van der Waals surface area contributed by atoms with Crippen LogP contribution in [0, 0.1) is 0 Å². The van der Waals surface area contributed by atoms with E-state index in [1.54, 1.807) is 24.1 Å². The van der Waals surface area contributed by atoms with E-state index in [9.17, 15) is 34.9 Å². The summed E-state index contributed by atoms with van der Waals surface area (Å²) in [6.07, 6.45) is 1.22. The number of nitrogen functional groups attached to an aromatic ring is 1. The van der Waals surface area contributed by atoms with Gasteiger partial charge in [0.05, 0.1) is 14.2 Å². The summed E-state index contributed by atoms with van der Waals surface area (Å²) in [5, 5.41) is 19.7. The van der Waals surface area contributed by atoms with E-state index in [0.717, 1.165) is 20.3 Å². The zero-order valence-corrected chi connectivity index (χ0v) is 27.1. The van der Waals surface area contributed by atoms with Gasteiger partial charge in [0.25, 0.3) is 30.4 Å². The molecule has 0 aliphatic heterocycles. The van der Waals surface area contributed by atoms with E-state index in [1.807, 2.05) is 0 Å². The number of benzene rings is 4. The molecule has 17 nitrogen and oxygen atoms in total. The number of phenols is 1. The van der Waals surface area contributed by atoms with Crippen LogP contribution in [0.1, 0.15) is 5.56 Å². The van der Waals surface area contributed by atoms with E-state index in [2.05, 4.69) is 29.4 Å². The number of phenolic OH excluding ortho intramolecular Hbond substituents is 1. The summed E-state index contributed by atoms with van der Waals surface area (Å²) in [5.74, 6) is -1.34. The zero-order valence-electron chi connectivity index (χ0n) is 24.6. The Morgan fingerprint density at radius 3 is 2.23 bits per heavy atom. The average molecular weight is 704 g/mol. The molecule has 0 saturated heterocycles. The van der Waals surface area contributed by atoms with Crippen LogP contribution in [-0.4, -0.2) is 71.1 Å². The van der Waals surface area contributed by atoms with Crippen LogP contribution in [0.4, 0.5) is 29.0 Å². The summed E-state index contributed by atoms with van der Waals surface area (Å²) in [4.78, 5) is 12.6. The number of rotatable bonds is 10. The number of fused-ring (bicyclic) bond motifs is 2. The Hall–Kier alpha value is -4.86. The van der Waals surface area contributed by atoms with Gasteiger partial charge in [0.1, 0.15) is 33.2 Å². The van der Waals surface area contributed by atoms with Crippen LogP contribution in [0.25, 0.3) is 21.5 Å². The molecule has 20 heteroatoms. The minimum atomic E-state index is -4.68. The van der Waals surface area contributed by atoms with Gasteiger partial charge in [-0.25, -0.2) is 9.97 Å². The number of hydrogen-bond acceptors (Lipinski definition) is 16. The molecule has 0 unspecified atom stereocenters. The van der Waals surface area contributed by atoms with Gasteiger partial charge in [-0.1, -0.05) is 18.2 Å². The molecule has 0 spiro atoms. The number of aromatic hydroxyl groups is 1. The molecule has 5 aromatic rings. The van der Waals surface area contributed by atoms with Crippen LogP contribution < -0.4 is 10.6 Å². The monoisotopic (exact) mass is 703 g/mol. The second-order valence-corrected chi connectivity index (χ2v) is 14.6. The maximum atomic E-state index is 13.1. The van der Waals surface area contributed by atoms with Gasteiger partial charge >= 0.3 is 0 Å². The summed E-state index contributed by atoms with van der Waals surface area (Å²) in [6, 6.07) is 12.3. The van der Waals surface area contributed by atoms with Gasteiger partial charge in [-0.15, -0.1) is 10.2 Å². The molecular weight excluding hydrogens is 679 g/mol. The normalized spacial score (nSPS) is 12.7. The molecule has 1 heterocycles. The van der Waals surface area contributed by atoms with Crippen molar-refractivity contribution in [1.29, 1.82) is 0 Å². The Morgan fingerprint density at radius 1 is 0.872 bits per heavy atom. The lowest BCUT2D eigenvalue weighted by molar-refractivity contribution is 0.397. The molecule has 4 aromatic carbocycles. The topological polar surface area (TPSA) is 254 Å². The van der Waals surface area contributed by atoms with Crippen LogP contribution in [-0.2, 0) is 44.5 Å². The first kappa shape index (κ1) is 33.5. The Bertz CT molecular complexity index is 2420. The highest BCUT2D eigenvalue weighted by atomic mass is 32.2. The number of hydrogen-bond donors (Lipinski definition) is 3. The minimum absolute atomic E-state index is 0.0148. The second-order valence-electron chi connectivity index (χ2n) is 9.77. The number of nitrogens with two attached hydrogens (primary N) is 1. The highest BCUT2D eigenvalue weighted by molar-refractivity contribution is 7.87. The summed E-state index contributed by atoms with van der Waals surface area (Å²) in [5.41, 5.74) is 5.26. The average Bonchev–Trinajstić information content (AvgIpc) is 3.02. The molecular formula is C27H25N7O10S3. The van der Waals surface area contributed by atoms with Crippen LogP contribution in [0.2, 0.25) is 0 Å². The summed E-state index contributed by atoms with van der Waals surface area (Å²) < 4.78 is 94.2. The fraction of sp³-hybridized carbons (Fsp3) is 0.148. The maximum absolute atomic E-state index is 13.1. The summed E-state index contributed by atoms with van der Waals surface area (Å²) >= 11 is 0. The van der Waals surface area contributed by atoms with E-state index in [-0.39, 0.29) is 44.2 Å². The number of azo groups is 1. The predicted octanol–water partition coefficient (Wildman–Crippen LogP) is 3.71. The van der Waals surface area contributed by atoms with Gasteiger partial charge in [-0.05, 0) is 41.8 Å². The molecule has 0 amide bonds. The summed E-state index contributed by atoms with van der Waals surface area (Å²) in [6.45, 7) is 0. The maximum Gasteiger partial charge on any atom is 0.299 e. The highest BCUT2D eigenvalue weighted by Crippen LogP contribution is 2.43. The van der Waals surface area contributed by atoms with Crippen LogP contribution in [0.15, 0.2) is 80.9 Å². The highest BCUT2D eigenvalue weighted by Gasteiger charge is 2.26.